The molecule has 1 atom stereocenters. The first kappa shape index (κ1) is 25.4. The number of ether oxygens (including phenoxy) is 4. The van der Waals surface area contributed by atoms with Gasteiger partial charge < -0.3 is 28.6 Å². The SMILES string of the molecule is CCOc1nc(-c2ccc(OCCCOc3ccc4c(ccn4C(C)C(=O)O)c3)c(OC)c2)sc1C. The summed E-state index contributed by atoms with van der Waals surface area (Å²) < 4.78 is 24.7. The van der Waals surface area contributed by atoms with Crippen molar-refractivity contribution in [1.29, 1.82) is 0 Å². The highest BCUT2D eigenvalue weighted by atomic mass is 32.1. The second-order valence-corrected chi connectivity index (χ2v) is 9.39. The summed E-state index contributed by atoms with van der Waals surface area (Å²) in [6, 6.07) is 12.7. The number of rotatable bonds is 12. The fourth-order valence-corrected chi connectivity index (χ4v) is 4.67. The lowest BCUT2D eigenvalue weighted by Gasteiger charge is -2.13. The van der Waals surface area contributed by atoms with Crippen LogP contribution in [-0.4, -0.2) is 47.6 Å². The molecule has 190 valence electrons. The van der Waals surface area contributed by atoms with Gasteiger partial charge in [0.15, 0.2) is 11.5 Å². The predicted molar refractivity (Wildman–Crippen MR) is 140 cm³/mol. The van der Waals surface area contributed by atoms with Gasteiger partial charge in [0.25, 0.3) is 0 Å². The lowest BCUT2D eigenvalue weighted by atomic mass is 10.2. The van der Waals surface area contributed by atoms with Crippen LogP contribution < -0.4 is 18.9 Å². The zero-order valence-corrected chi connectivity index (χ0v) is 21.6. The molecule has 2 heterocycles. The highest BCUT2D eigenvalue weighted by Crippen LogP contribution is 2.37. The lowest BCUT2D eigenvalue weighted by Crippen LogP contribution is -2.14. The number of nitrogens with zero attached hydrogens (tertiary/aromatic N) is 2. The number of carbonyl (C=O) groups is 1. The molecule has 9 heteroatoms. The van der Waals surface area contributed by atoms with E-state index >= 15 is 0 Å². The summed E-state index contributed by atoms with van der Waals surface area (Å²) >= 11 is 1.58. The van der Waals surface area contributed by atoms with Crippen molar-refractivity contribution in [2.24, 2.45) is 0 Å². The number of benzene rings is 2. The van der Waals surface area contributed by atoms with Crippen molar-refractivity contribution in [3.05, 3.63) is 53.5 Å². The van der Waals surface area contributed by atoms with Crippen LogP contribution in [0.25, 0.3) is 21.5 Å². The van der Waals surface area contributed by atoms with E-state index in [4.69, 9.17) is 18.9 Å². The highest BCUT2D eigenvalue weighted by molar-refractivity contribution is 7.15. The van der Waals surface area contributed by atoms with Gasteiger partial charge in [-0.05, 0) is 63.2 Å². The summed E-state index contributed by atoms with van der Waals surface area (Å²) in [5.74, 6) is 1.84. The first-order valence-corrected chi connectivity index (χ1v) is 12.6. The van der Waals surface area contributed by atoms with Crippen molar-refractivity contribution >= 4 is 28.2 Å². The summed E-state index contributed by atoms with van der Waals surface area (Å²) in [6.45, 7) is 7.13. The van der Waals surface area contributed by atoms with Gasteiger partial charge in [-0.2, -0.15) is 0 Å². The van der Waals surface area contributed by atoms with Crippen molar-refractivity contribution in [1.82, 2.24) is 9.55 Å². The summed E-state index contributed by atoms with van der Waals surface area (Å²) in [5, 5.41) is 11.1. The number of carboxylic acids is 1. The molecule has 0 spiro atoms. The van der Waals surface area contributed by atoms with Crippen LogP contribution >= 0.6 is 11.3 Å². The Balaban J connectivity index is 1.31. The van der Waals surface area contributed by atoms with Crippen molar-refractivity contribution in [3.63, 3.8) is 0 Å². The first-order chi connectivity index (χ1) is 17.4. The Morgan fingerprint density at radius 3 is 2.64 bits per heavy atom. The van der Waals surface area contributed by atoms with E-state index in [2.05, 4.69) is 4.98 Å². The summed E-state index contributed by atoms with van der Waals surface area (Å²) in [6.07, 6.45) is 2.47. The Hall–Kier alpha value is -3.72. The molecule has 4 rings (SSSR count). The largest absolute Gasteiger partial charge is 0.493 e. The number of aromatic nitrogens is 2. The van der Waals surface area contributed by atoms with Gasteiger partial charge in [0.05, 0.1) is 31.8 Å². The van der Waals surface area contributed by atoms with Crippen molar-refractivity contribution < 1.29 is 28.8 Å². The van der Waals surface area contributed by atoms with E-state index in [1.807, 2.05) is 56.3 Å². The molecule has 0 aliphatic heterocycles. The van der Waals surface area contributed by atoms with E-state index in [1.54, 1.807) is 36.1 Å². The normalized spacial score (nSPS) is 11.9. The summed E-state index contributed by atoms with van der Waals surface area (Å²) in [4.78, 5) is 16.9. The van der Waals surface area contributed by atoms with Gasteiger partial charge in [0.2, 0.25) is 5.88 Å². The summed E-state index contributed by atoms with van der Waals surface area (Å²) in [7, 11) is 1.62. The standard InChI is InChI=1S/C27H30N2O6S/c1-5-33-25-18(3)36-26(28-25)20-7-10-23(24(16-20)32-4)35-14-6-13-34-21-8-9-22-19(15-21)11-12-29(22)17(2)27(30)31/h7-12,15-17H,5-6,13-14H2,1-4H3,(H,30,31). The van der Waals surface area contributed by atoms with Crippen molar-refractivity contribution in [3.8, 4) is 33.7 Å². The van der Waals surface area contributed by atoms with Crippen LogP contribution in [0.1, 0.15) is 31.2 Å². The molecule has 0 amide bonds. The zero-order chi connectivity index (χ0) is 25.7. The first-order valence-electron chi connectivity index (χ1n) is 11.8. The number of carboxylic acid groups (broad SMARTS) is 1. The maximum Gasteiger partial charge on any atom is 0.326 e. The third kappa shape index (κ3) is 5.57. The van der Waals surface area contributed by atoms with Crippen LogP contribution in [0, 0.1) is 6.92 Å². The van der Waals surface area contributed by atoms with E-state index < -0.39 is 12.0 Å². The molecule has 1 N–H and O–H groups in total. The molecule has 2 aromatic heterocycles. The molecule has 36 heavy (non-hydrogen) atoms. The Kier molecular flexibility index (Phi) is 8.00. The van der Waals surface area contributed by atoms with Gasteiger partial charge in [-0.25, -0.2) is 9.78 Å². The molecule has 0 aliphatic rings. The van der Waals surface area contributed by atoms with Gasteiger partial charge in [0.1, 0.15) is 16.8 Å². The zero-order valence-electron chi connectivity index (χ0n) is 20.8. The topological polar surface area (TPSA) is 92.0 Å². The van der Waals surface area contributed by atoms with Gasteiger partial charge in [-0.3, -0.25) is 0 Å². The molecular weight excluding hydrogens is 480 g/mol. The minimum atomic E-state index is -0.868. The van der Waals surface area contributed by atoms with E-state index in [0.717, 1.165) is 32.1 Å². The number of thiazole rings is 1. The lowest BCUT2D eigenvalue weighted by molar-refractivity contribution is -0.140. The number of methoxy groups -OCH3 is 1. The Morgan fingerprint density at radius 2 is 1.89 bits per heavy atom. The highest BCUT2D eigenvalue weighted by Gasteiger charge is 2.16. The van der Waals surface area contributed by atoms with E-state index in [9.17, 15) is 9.90 Å². The Morgan fingerprint density at radius 1 is 1.08 bits per heavy atom. The van der Waals surface area contributed by atoms with Crippen LogP contribution in [0.3, 0.4) is 0 Å². The molecular formula is C27H30N2O6S. The second-order valence-electron chi connectivity index (χ2n) is 8.19. The number of fused-ring (bicyclic) bond motifs is 1. The third-order valence-electron chi connectivity index (χ3n) is 5.73. The number of hydrogen-bond donors (Lipinski definition) is 1. The van der Waals surface area contributed by atoms with Crippen LogP contribution in [0.5, 0.6) is 23.1 Å². The van der Waals surface area contributed by atoms with E-state index in [0.29, 0.717) is 43.6 Å². The minimum Gasteiger partial charge on any atom is -0.493 e. The Bertz CT molecular complexity index is 1350. The molecule has 2 aromatic carbocycles. The van der Waals surface area contributed by atoms with Crippen molar-refractivity contribution in [2.45, 2.75) is 33.2 Å². The van der Waals surface area contributed by atoms with Gasteiger partial charge >= 0.3 is 5.97 Å². The third-order valence-corrected chi connectivity index (χ3v) is 6.73. The molecule has 0 fully saturated rings. The van der Waals surface area contributed by atoms with Gasteiger partial charge in [-0.1, -0.05) is 0 Å². The molecule has 0 bridgehead atoms. The number of aryl methyl sites for hydroxylation is 1. The summed E-state index contributed by atoms with van der Waals surface area (Å²) in [5.41, 5.74) is 1.81. The molecule has 0 aliphatic carbocycles. The molecule has 0 saturated carbocycles. The minimum absolute atomic E-state index is 0.468. The van der Waals surface area contributed by atoms with Gasteiger partial charge in [-0.15, -0.1) is 11.3 Å². The van der Waals surface area contributed by atoms with Gasteiger partial charge in [0, 0.05) is 29.1 Å². The van der Waals surface area contributed by atoms with Crippen LogP contribution in [0.15, 0.2) is 48.7 Å². The molecule has 1 unspecified atom stereocenters. The Labute approximate surface area is 214 Å². The average molecular weight is 511 g/mol. The van der Waals surface area contributed by atoms with E-state index in [1.165, 1.54) is 0 Å². The van der Waals surface area contributed by atoms with Crippen molar-refractivity contribution in [2.75, 3.05) is 26.9 Å². The van der Waals surface area contributed by atoms with E-state index in [-0.39, 0.29) is 0 Å². The monoisotopic (exact) mass is 510 g/mol. The van der Waals surface area contributed by atoms with Crippen LogP contribution in [0.4, 0.5) is 0 Å². The molecule has 4 aromatic rings. The molecule has 0 saturated heterocycles. The maximum atomic E-state index is 11.3. The quantitative estimate of drug-likeness (QED) is 0.235. The fraction of sp³-hybridized carbons (Fsp3) is 0.333. The second kappa shape index (κ2) is 11.3. The fourth-order valence-electron chi connectivity index (χ4n) is 3.82. The van der Waals surface area contributed by atoms with Crippen LogP contribution in [-0.2, 0) is 4.79 Å². The average Bonchev–Trinajstić information content (AvgIpc) is 3.46. The molecule has 8 nitrogen and oxygen atoms in total. The number of hydrogen-bond acceptors (Lipinski definition) is 7. The van der Waals surface area contributed by atoms with Crippen LogP contribution in [0.2, 0.25) is 0 Å². The smallest absolute Gasteiger partial charge is 0.326 e. The molecule has 0 radical (unpaired) electrons. The number of aliphatic carboxylic acids is 1. The predicted octanol–water partition coefficient (Wildman–Crippen LogP) is 5.97. The maximum absolute atomic E-state index is 11.3.